The van der Waals surface area contributed by atoms with E-state index in [-0.39, 0.29) is 10.7 Å². The molecule has 5 nitrogen and oxygen atoms in total. The number of hydrogen-bond acceptors (Lipinski definition) is 4. The average Bonchev–Trinajstić information content (AvgIpc) is 2.55. The van der Waals surface area contributed by atoms with Crippen molar-refractivity contribution >= 4 is 29.0 Å². The molecule has 1 heterocycles. The second kappa shape index (κ2) is 8.43. The second-order valence-electron chi connectivity index (χ2n) is 5.01. The van der Waals surface area contributed by atoms with Crippen molar-refractivity contribution < 1.29 is 9.18 Å². The molecule has 0 saturated heterocycles. The molecule has 1 aromatic heterocycles. The number of anilines is 2. The summed E-state index contributed by atoms with van der Waals surface area (Å²) in [6.45, 7) is 2.92. The molecule has 0 aliphatic heterocycles. The lowest BCUT2D eigenvalue weighted by Gasteiger charge is -2.08. The zero-order chi connectivity index (χ0) is 16.7. The Morgan fingerprint density at radius 3 is 2.83 bits per heavy atom. The van der Waals surface area contributed by atoms with Gasteiger partial charge in [0.15, 0.2) is 0 Å². The number of nitrogens with one attached hydrogen (secondary N) is 2. The Bertz CT molecular complexity index is 681. The number of amides is 1. The molecule has 122 valence electrons. The van der Waals surface area contributed by atoms with Gasteiger partial charge in [-0.15, -0.1) is 0 Å². The van der Waals surface area contributed by atoms with E-state index in [4.69, 9.17) is 11.6 Å². The van der Waals surface area contributed by atoms with Gasteiger partial charge in [-0.2, -0.15) is 0 Å². The summed E-state index contributed by atoms with van der Waals surface area (Å²) in [7, 11) is 0. The molecular formula is C16H18ClFN4O. The molecule has 0 radical (unpaired) electrons. The predicted octanol–water partition coefficient (Wildman–Crippen LogP) is 4.12. The lowest BCUT2D eigenvalue weighted by molar-refractivity contribution is 0.102. The Kier molecular flexibility index (Phi) is 6.29. The Morgan fingerprint density at radius 2 is 2.09 bits per heavy atom. The van der Waals surface area contributed by atoms with Crippen molar-refractivity contribution in [1.29, 1.82) is 0 Å². The zero-order valence-corrected chi connectivity index (χ0v) is 13.5. The number of aromatic nitrogens is 2. The molecule has 23 heavy (non-hydrogen) atoms. The average molecular weight is 337 g/mol. The van der Waals surface area contributed by atoms with Gasteiger partial charge in [0, 0.05) is 18.3 Å². The van der Waals surface area contributed by atoms with Gasteiger partial charge in [0.25, 0.3) is 5.91 Å². The molecule has 0 aliphatic carbocycles. The van der Waals surface area contributed by atoms with Crippen molar-refractivity contribution in [1.82, 2.24) is 9.97 Å². The Balaban J connectivity index is 2.00. The van der Waals surface area contributed by atoms with Crippen LogP contribution in [0.15, 0.2) is 30.6 Å². The third-order valence-corrected chi connectivity index (χ3v) is 3.45. The normalized spacial score (nSPS) is 10.4. The SMILES string of the molecule is CCCCCNc1cc(C(=O)Nc2ccc(F)c(Cl)c2)ncn1. The molecule has 0 bridgehead atoms. The number of rotatable bonds is 7. The van der Waals surface area contributed by atoms with Gasteiger partial charge in [0.1, 0.15) is 23.7 Å². The highest BCUT2D eigenvalue weighted by molar-refractivity contribution is 6.31. The lowest BCUT2D eigenvalue weighted by Crippen LogP contribution is -2.15. The van der Waals surface area contributed by atoms with Crippen LogP contribution < -0.4 is 10.6 Å². The quantitative estimate of drug-likeness (QED) is 0.746. The van der Waals surface area contributed by atoms with Gasteiger partial charge in [0.2, 0.25) is 0 Å². The molecular weight excluding hydrogens is 319 g/mol. The number of unbranched alkanes of at least 4 members (excludes halogenated alkanes) is 2. The summed E-state index contributed by atoms with van der Waals surface area (Å²) < 4.78 is 13.1. The van der Waals surface area contributed by atoms with Crippen molar-refractivity contribution in [2.75, 3.05) is 17.2 Å². The van der Waals surface area contributed by atoms with Gasteiger partial charge >= 0.3 is 0 Å². The summed E-state index contributed by atoms with van der Waals surface area (Å²) in [6, 6.07) is 5.55. The van der Waals surface area contributed by atoms with Crippen LogP contribution in [0.3, 0.4) is 0 Å². The monoisotopic (exact) mass is 336 g/mol. The fraction of sp³-hybridized carbons (Fsp3) is 0.312. The van der Waals surface area contributed by atoms with E-state index >= 15 is 0 Å². The van der Waals surface area contributed by atoms with Crippen LogP contribution in [0.1, 0.15) is 36.7 Å². The highest BCUT2D eigenvalue weighted by Gasteiger charge is 2.10. The standard InChI is InChI=1S/C16H18ClFN4O/c1-2-3-4-7-19-15-9-14(20-10-21-15)16(23)22-11-5-6-13(18)12(17)8-11/h5-6,8-10H,2-4,7H2,1H3,(H,22,23)(H,19,20,21). The van der Waals surface area contributed by atoms with E-state index in [0.29, 0.717) is 11.5 Å². The van der Waals surface area contributed by atoms with Crippen molar-refractivity contribution in [3.63, 3.8) is 0 Å². The molecule has 0 aliphatic rings. The highest BCUT2D eigenvalue weighted by atomic mass is 35.5. The van der Waals surface area contributed by atoms with Crippen molar-refractivity contribution in [3.05, 3.63) is 47.1 Å². The Morgan fingerprint density at radius 1 is 1.26 bits per heavy atom. The largest absolute Gasteiger partial charge is 0.370 e. The van der Waals surface area contributed by atoms with Gasteiger partial charge in [0.05, 0.1) is 5.02 Å². The summed E-state index contributed by atoms with van der Waals surface area (Å²) in [5.74, 6) is -0.352. The first-order chi connectivity index (χ1) is 11.1. The van der Waals surface area contributed by atoms with Gasteiger partial charge < -0.3 is 10.6 Å². The molecule has 1 amide bonds. The van der Waals surface area contributed by atoms with E-state index in [1.165, 1.54) is 24.5 Å². The molecule has 2 aromatic rings. The van der Waals surface area contributed by atoms with Gasteiger partial charge in [-0.25, -0.2) is 14.4 Å². The van der Waals surface area contributed by atoms with E-state index in [2.05, 4.69) is 27.5 Å². The third-order valence-electron chi connectivity index (χ3n) is 3.16. The van der Waals surface area contributed by atoms with E-state index in [1.54, 1.807) is 6.07 Å². The van der Waals surface area contributed by atoms with Crippen LogP contribution in [0, 0.1) is 5.82 Å². The molecule has 2 N–H and O–H groups in total. The summed E-state index contributed by atoms with van der Waals surface area (Å²) in [5.41, 5.74) is 0.621. The van der Waals surface area contributed by atoms with Gasteiger partial charge in [-0.05, 0) is 24.6 Å². The van der Waals surface area contributed by atoms with Crippen LogP contribution >= 0.6 is 11.6 Å². The van der Waals surface area contributed by atoms with E-state index in [0.717, 1.165) is 25.8 Å². The second-order valence-corrected chi connectivity index (χ2v) is 5.41. The number of halogens is 2. The summed E-state index contributed by atoms with van der Waals surface area (Å²) in [5, 5.41) is 5.72. The van der Waals surface area contributed by atoms with Crippen molar-refractivity contribution in [2.45, 2.75) is 26.2 Å². The maximum atomic E-state index is 13.1. The summed E-state index contributed by atoms with van der Waals surface area (Å²) in [4.78, 5) is 20.2. The van der Waals surface area contributed by atoms with Crippen LogP contribution in [0.5, 0.6) is 0 Å². The fourth-order valence-corrected chi connectivity index (χ4v) is 2.12. The summed E-state index contributed by atoms with van der Waals surface area (Å²) in [6.07, 6.45) is 4.64. The lowest BCUT2D eigenvalue weighted by atomic mass is 10.2. The fourth-order valence-electron chi connectivity index (χ4n) is 1.94. The minimum absolute atomic E-state index is 0.0521. The van der Waals surface area contributed by atoms with Crippen LogP contribution in [0.2, 0.25) is 5.02 Å². The topological polar surface area (TPSA) is 66.9 Å². The molecule has 2 rings (SSSR count). The van der Waals surface area contributed by atoms with Crippen LogP contribution in [-0.4, -0.2) is 22.4 Å². The van der Waals surface area contributed by atoms with Crippen LogP contribution in [-0.2, 0) is 0 Å². The molecule has 0 fully saturated rings. The first-order valence-electron chi connectivity index (χ1n) is 7.42. The zero-order valence-electron chi connectivity index (χ0n) is 12.8. The Hall–Kier alpha value is -2.21. The number of hydrogen-bond donors (Lipinski definition) is 2. The smallest absolute Gasteiger partial charge is 0.274 e. The van der Waals surface area contributed by atoms with Crippen molar-refractivity contribution in [2.24, 2.45) is 0 Å². The molecule has 1 aromatic carbocycles. The van der Waals surface area contributed by atoms with Crippen molar-refractivity contribution in [3.8, 4) is 0 Å². The number of benzene rings is 1. The maximum Gasteiger partial charge on any atom is 0.274 e. The third kappa shape index (κ3) is 5.17. The van der Waals surface area contributed by atoms with Gasteiger partial charge in [-0.1, -0.05) is 31.4 Å². The predicted molar refractivity (Wildman–Crippen MR) is 89.4 cm³/mol. The number of carbonyl (C=O) groups is 1. The first-order valence-corrected chi connectivity index (χ1v) is 7.80. The molecule has 0 atom stereocenters. The Labute approximate surface area is 139 Å². The minimum atomic E-state index is -0.537. The van der Waals surface area contributed by atoms with E-state index in [9.17, 15) is 9.18 Å². The molecule has 0 unspecified atom stereocenters. The highest BCUT2D eigenvalue weighted by Crippen LogP contribution is 2.19. The van der Waals surface area contributed by atoms with Crippen LogP contribution in [0.25, 0.3) is 0 Å². The first kappa shape index (κ1) is 17.1. The summed E-state index contributed by atoms with van der Waals surface area (Å²) >= 11 is 5.69. The molecule has 0 saturated carbocycles. The number of carbonyl (C=O) groups excluding carboxylic acids is 1. The van der Waals surface area contributed by atoms with E-state index in [1.807, 2.05) is 0 Å². The van der Waals surface area contributed by atoms with Gasteiger partial charge in [-0.3, -0.25) is 4.79 Å². The van der Waals surface area contributed by atoms with Crippen LogP contribution in [0.4, 0.5) is 15.9 Å². The van der Waals surface area contributed by atoms with E-state index < -0.39 is 11.7 Å². The molecule has 7 heteroatoms. The number of nitrogens with zero attached hydrogens (tertiary/aromatic N) is 2. The maximum absolute atomic E-state index is 13.1. The molecule has 0 spiro atoms. The minimum Gasteiger partial charge on any atom is -0.370 e.